The topological polar surface area (TPSA) is 65.2 Å². The van der Waals surface area contributed by atoms with Crippen LogP contribution in [0.25, 0.3) is 6.08 Å². The number of halogens is 2. The van der Waals surface area contributed by atoms with E-state index < -0.39 is 5.97 Å². The van der Waals surface area contributed by atoms with Gasteiger partial charge in [0.05, 0.1) is 10.0 Å². The first-order valence-corrected chi connectivity index (χ1v) is 7.33. The molecule has 0 radical (unpaired) electrons. The van der Waals surface area contributed by atoms with E-state index in [-0.39, 0.29) is 18.4 Å². The number of rotatable bonds is 5. The fraction of sp³-hybridized carbons (Fsp3) is 0.267. The summed E-state index contributed by atoms with van der Waals surface area (Å²) in [6.07, 6.45) is 2.87. The third-order valence-corrected chi connectivity index (χ3v) is 3.43. The number of ether oxygens (including phenoxy) is 1. The Balaban J connectivity index is 1.89. The van der Waals surface area contributed by atoms with Crippen LogP contribution in [-0.2, 0) is 16.1 Å². The van der Waals surface area contributed by atoms with Crippen molar-refractivity contribution in [2.75, 3.05) is 0 Å². The maximum Gasteiger partial charge on any atom is 0.331 e. The van der Waals surface area contributed by atoms with Crippen LogP contribution in [0.15, 0.2) is 28.8 Å². The minimum Gasteiger partial charge on any atom is -0.452 e. The van der Waals surface area contributed by atoms with Crippen molar-refractivity contribution in [1.29, 1.82) is 0 Å². The Kier molecular flexibility index (Phi) is 5.57. The Labute approximate surface area is 137 Å². The van der Waals surface area contributed by atoms with Gasteiger partial charge in [0.2, 0.25) is 0 Å². The Bertz CT molecular complexity index is 696. The second kappa shape index (κ2) is 7.42. The van der Waals surface area contributed by atoms with Crippen molar-refractivity contribution in [3.05, 3.63) is 51.6 Å². The van der Waals surface area contributed by atoms with E-state index in [0.29, 0.717) is 15.9 Å². The highest BCUT2D eigenvalue weighted by Gasteiger charge is 2.10. The summed E-state index contributed by atoms with van der Waals surface area (Å²) in [5.74, 6) is 0.482. The monoisotopic (exact) mass is 340 g/mol. The molecule has 1 aromatic carbocycles. The minimum atomic E-state index is -0.518. The highest BCUT2D eigenvalue weighted by atomic mass is 35.5. The zero-order chi connectivity index (χ0) is 16.1. The van der Waals surface area contributed by atoms with Crippen LogP contribution >= 0.6 is 23.2 Å². The third-order valence-electron chi connectivity index (χ3n) is 2.69. The summed E-state index contributed by atoms with van der Waals surface area (Å²) in [5.41, 5.74) is 0.742. The molecular weight excluding hydrogens is 327 g/mol. The summed E-state index contributed by atoms with van der Waals surface area (Å²) < 4.78 is 9.99. The zero-order valence-electron chi connectivity index (χ0n) is 12.0. The Morgan fingerprint density at radius 2 is 2.14 bits per heavy atom. The molecule has 0 aliphatic carbocycles. The van der Waals surface area contributed by atoms with Crippen molar-refractivity contribution in [3.8, 4) is 0 Å². The number of hydrogen-bond acceptors (Lipinski definition) is 5. The average Bonchev–Trinajstić information content (AvgIpc) is 2.95. The maximum absolute atomic E-state index is 11.6. The van der Waals surface area contributed by atoms with Gasteiger partial charge in [-0.1, -0.05) is 48.3 Å². The molecule has 0 saturated carbocycles. The highest BCUT2D eigenvalue weighted by Crippen LogP contribution is 2.23. The molecule has 0 fully saturated rings. The van der Waals surface area contributed by atoms with E-state index in [1.165, 1.54) is 6.08 Å². The van der Waals surface area contributed by atoms with Crippen molar-refractivity contribution < 1.29 is 14.1 Å². The quantitative estimate of drug-likeness (QED) is 0.601. The molecule has 2 aromatic rings. The standard InChI is InChI=1S/C15H14Cl2N2O3/c1-9(2)15-18-13(22-19-15)8-21-14(20)6-4-10-3-5-11(16)12(17)7-10/h3-7,9H,8H2,1-2H3/b6-4+. The Hall–Kier alpha value is -1.85. The van der Waals surface area contributed by atoms with Gasteiger partial charge >= 0.3 is 5.97 Å². The van der Waals surface area contributed by atoms with Crippen LogP contribution in [0.5, 0.6) is 0 Å². The number of hydrogen-bond donors (Lipinski definition) is 0. The molecule has 1 heterocycles. The second-order valence-corrected chi connectivity index (χ2v) is 5.63. The fourth-order valence-corrected chi connectivity index (χ4v) is 1.83. The first kappa shape index (κ1) is 16.5. The van der Waals surface area contributed by atoms with Crippen molar-refractivity contribution in [2.24, 2.45) is 0 Å². The van der Waals surface area contributed by atoms with Crippen LogP contribution in [0.1, 0.15) is 37.0 Å². The minimum absolute atomic E-state index is 0.0652. The second-order valence-electron chi connectivity index (χ2n) is 4.82. The first-order chi connectivity index (χ1) is 10.5. The molecule has 22 heavy (non-hydrogen) atoms. The molecule has 2 rings (SSSR count). The van der Waals surface area contributed by atoms with Crippen LogP contribution in [0.4, 0.5) is 0 Å². The summed E-state index contributed by atoms with van der Waals surface area (Å²) in [5, 5.41) is 4.66. The summed E-state index contributed by atoms with van der Waals surface area (Å²) >= 11 is 11.7. The number of esters is 1. The SMILES string of the molecule is CC(C)c1noc(COC(=O)/C=C/c2ccc(Cl)c(Cl)c2)n1. The predicted molar refractivity (Wildman–Crippen MR) is 83.7 cm³/mol. The van der Waals surface area contributed by atoms with Gasteiger partial charge in [0.25, 0.3) is 5.89 Å². The van der Waals surface area contributed by atoms with Crippen LogP contribution < -0.4 is 0 Å². The largest absolute Gasteiger partial charge is 0.452 e. The van der Waals surface area contributed by atoms with Gasteiger partial charge in [0.15, 0.2) is 12.4 Å². The lowest BCUT2D eigenvalue weighted by molar-refractivity contribution is -0.139. The third kappa shape index (κ3) is 4.58. The van der Waals surface area contributed by atoms with Crippen LogP contribution in [0.3, 0.4) is 0 Å². The van der Waals surface area contributed by atoms with Crippen LogP contribution in [-0.4, -0.2) is 16.1 Å². The van der Waals surface area contributed by atoms with Gasteiger partial charge in [0, 0.05) is 12.0 Å². The lowest BCUT2D eigenvalue weighted by Gasteiger charge is -1.98. The van der Waals surface area contributed by atoms with E-state index in [1.807, 2.05) is 13.8 Å². The number of aromatic nitrogens is 2. The molecule has 116 valence electrons. The molecule has 0 atom stereocenters. The number of benzene rings is 1. The molecule has 0 aliphatic rings. The van der Waals surface area contributed by atoms with Gasteiger partial charge in [-0.15, -0.1) is 0 Å². The summed E-state index contributed by atoms with van der Waals surface area (Å²) in [6.45, 7) is 3.82. The molecule has 0 unspecified atom stereocenters. The lowest BCUT2D eigenvalue weighted by atomic mass is 10.2. The smallest absolute Gasteiger partial charge is 0.331 e. The van der Waals surface area contributed by atoms with Gasteiger partial charge < -0.3 is 9.26 Å². The van der Waals surface area contributed by atoms with Gasteiger partial charge in [-0.2, -0.15) is 4.98 Å². The predicted octanol–water partition coefficient (Wildman–Crippen LogP) is 4.26. The molecule has 0 amide bonds. The van der Waals surface area contributed by atoms with Crippen molar-refractivity contribution >= 4 is 35.2 Å². The van der Waals surface area contributed by atoms with E-state index in [9.17, 15) is 4.79 Å². The molecule has 5 nitrogen and oxygen atoms in total. The van der Waals surface area contributed by atoms with Gasteiger partial charge in [0.1, 0.15) is 0 Å². The first-order valence-electron chi connectivity index (χ1n) is 6.58. The maximum atomic E-state index is 11.6. The average molecular weight is 341 g/mol. The Morgan fingerprint density at radius 3 is 2.77 bits per heavy atom. The van der Waals surface area contributed by atoms with E-state index in [4.69, 9.17) is 32.5 Å². The number of carbonyl (C=O) groups excluding carboxylic acids is 1. The zero-order valence-corrected chi connectivity index (χ0v) is 13.6. The summed E-state index contributed by atoms with van der Waals surface area (Å²) in [7, 11) is 0. The highest BCUT2D eigenvalue weighted by molar-refractivity contribution is 6.42. The van der Waals surface area contributed by atoms with E-state index in [0.717, 1.165) is 5.56 Å². The van der Waals surface area contributed by atoms with Gasteiger partial charge in [-0.3, -0.25) is 0 Å². The van der Waals surface area contributed by atoms with E-state index >= 15 is 0 Å². The van der Waals surface area contributed by atoms with Crippen molar-refractivity contribution in [3.63, 3.8) is 0 Å². The molecular formula is C15H14Cl2N2O3. The number of carbonyl (C=O) groups is 1. The molecule has 7 heteroatoms. The fourth-order valence-electron chi connectivity index (χ4n) is 1.52. The van der Waals surface area contributed by atoms with E-state index in [2.05, 4.69) is 10.1 Å². The van der Waals surface area contributed by atoms with Crippen molar-refractivity contribution in [2.45, 2.75) is 26.4 Å². The molecule has 0 aliphatic heterocycles. The molecule has 1 aromatic heterocycles. The molecule has 0 bridgehead atoms. The van der Waals surface area contributed by atoms with E-state index in [1.54, 1.807) is 24.3 Å². The van der Waals surface area contributed by atoms with Gasteiger partial charge in [-0.25, -0.2) is 4.79 Å². The van der Waals surface area contributed by atoms with Crippen LogP contribution in [0.2, 0.25) is 10.0 Å². The molecule has 0 N–H and O–H groups in total. The van der Waals surface area contributed by atoms with Crippen molar-refractivity contribution in [1.82, 2.24) is 10.1 Å². The van der Waals surface area contributed by atoms with Crippen LogP contribution in [0, 0.1) is 0 Å². The number of nitrogens with zero attached hydrogens (tertiary/aromatic N) is 2. The lowest BCUT2D eigenvalue weighted by Crippen LogP contribution is -2.01. The normalized spacial score (nSPS) is 11.3. The Morgan fingerprint density at radius 1 is 1.36 bits per heavy atom. The summed E-state index contributed by atoms with van der Waals surface area (Å²) in [4.78, 5) is 15.7. The summed E-state index contributed by atoms with van der Waals surface area (Å²) in [6, 6.07) is 5.05. The van der Waals surface area contributed by atoms with Gasteiger partial charge in [-0.05, 0) is 23.8 Å². The molecule has 0 saturated heterocycles. The molecule has 0 spiro atoms.